The van der Waals surface area contributed by atoms with E-state index in [2.05, 4.69) is 36.4 Å². The number of hydrogen-bond donors (Lipinski definition) is 0. The van der Waals surface area contributed by atoms with Crippen LogP contribution in [0, 0.1) is 5.41 Å². The van der Waals surface area contributed by atoms with Gasteiger partial charge in [-0.1, -0.05) is 24.3 Å². The smallest absolute Gasteiger partial charge is 0.326 e. The van der Waals surface area contributed by atoms with E-state index in [9.17, 15) is 0 Å². The van der Waals surface area contributed by atoms with Gasteiger partial charge in [0.1, 0.15) is 37.9 Å². The number of esters is 2. The zero-order valence-electron chi connectivity index (χ0n) is 58.0. The number of carbonyl (C=O) groups excluding carboxylic acids is 2. The first-order valence-electron chi connectivity index (χ1n) is 39.7. The van der Waals surface area contributed by atoms with Crippen LogP contribution in [-0.2, 0) is 48.8 Å². The minimum Gasteiger partial charge on any atom is -0.491 e. The average molecular weight is 1420 g/mol. The van der Waals surface area contributed by atoms with Crippen molar-refractivity contribution in [2.24, 2.45) is 5.41 Å². The summed E-state index contributed by atoms with van der Waals surface area (Å²) in [5.74, 6) is 0.399. The number of carbonyl (C=O) groups is 2. The van der Waals surface area contributed by atoms with Gasteiger partial charge in [-0.2, -0.15) is 0 Å². The van der Waals surface area contributed by atoms with E-state index in [1.54, 1.807) is 10.8 Å². The summed E-state index contributed by atoms with van der Waals surface area (Å²) in [6.07, 6.45) is 0. The van der Waals surface area contributed by atoms with E-state index in [-0.39, 0.29) is 39.6 Å². The van der Waals surface area contributed by atoms with Crippen molar-refractivity contribution in [1.29, 1.82) is 0 Å². The Morgan fingerprint density at radius 2 is 0.396 bits per heavy atom. The fourth-order valence-corrected chi connectivity index (χ4v) is 30.5. The van der Waals surface area contributed by atoms with E-state index < -0.39 is 28.2 Å². The minimum atomic E-state index is -1.91. The molecule has 2 atom stereocenters. The second-order valence-corrected chi connectivity index (χ2v) is 35.1. The lowest BCUT2D eigenvalue weighted by molar-refractivity contribution is -0.168. The van der Waals surface area contributed by atoms with E-state index in [0.717, 1.165) is 55.8 Å². The number of hydrogen-bond acceptors (Lipinski definition) is 12. The van der Waals surface area contributed by atoms with E-state index in [0.29, 0.717) is 39.6 Å². The molecule has 41 rings (SSSR count). The van der Waals surface area contributed by atoms with Crippen LogP contribution in [0.5, 0.6) is 11.5 Å². The Morgan fingerprint density at radius 1 is 0.198 bits per heavy atom. The summed E-state index contributed by atoms with van der Waals surface area (Å²) in [6, 6.07) is 28.6. The maximum absolute atomic E-state index is 17.8. The van der Waals surface area contributed by atoms with Gasteiger partial charge in [-0.05, 0) is 374 Å². The summed E-state index contributed by atoms with van der Waals surface area (Å²) in [5, 5.41) is 79.3. The van der Waals surface area contributed by atoms with Crippen LogP contribution in [0.4, 0.5) is 0 Å². The maximum atomic E-state index is 17.8. The largest absolute Gasteiger partial charge is 0.491 e. The van der Waals surface area contributed by atoms with Crippen molar-refractivity contribution in [1.82, 2.24) is 9.97 Å². The molecule has 1 saturated carbocycles. The molecule has 2 unspecified atom stereocenters. The maximum Gasteiger partial charge on any atom is 0.326 e. The molecule has 5 aliphatic carbocycles. The molecule has 8 aliphatic rings. The molecule has 5 heterocycles. The number of ether oxygens (including phenoxy) is 8. The second-order valence-electron chi connectivity index (χ2n) is 35.1. The molecule has 3 aliphatic heterocycles. The molecule has 504 valence electrons. The third-order valence-electron chi connectivity index (χ3n) is 32.5. The Hall–Kier alpha value is -12.7. The van der Waals surface area contributed by atoms with Gasteiger partial charge in [-0.3, -0.25) is 9.59 Å². The van der Waals surface area contributed by atoms with Crippen molar-refractivity contribution in [3.8, 4) is 34.0 Å². The van der Waals surface area contributed by atoms with Crippen LogP contribution < -0.4 is 9.47 Å². The van der Waals surface area contributed by atoms with Crippen molar-refractivity contribution in [3.63, 3.8) is 0 Å². The Bertz CT molecular complexity index is 9370. The van der Waals surface area contributed by atoms with Crippen LogP contribution in [0.25, 0.3) is 335 Å². The first-order valence-corrected chi connectivity index (χ1v) is 39.7. The minimum absolute atomic E-state index is 0.0672. The van der Waals surface area contributed by atoms with Gasteiger partial charge >= 0.3 is 11.9 Å². The molecule has 3 spiro atoms. The van der Waals surface area contributed by atoms with Crippen molar-refractivity contribution < 1.29 is 47.5 Å². The molecule has 0 amide bonds. The second kappa shape index (κ2) is 14.3. The average Bonchev–Trinajstić information content (AvgIpc) is 1.35. The zero-order chi connectivity index (χ0) is 69.4. The van der Waals surface area contributed by atoms with Gasteiger partial charge in [0.2, 0.25) is 0 Å². The molecule has 111 heavy (non-hydrogen) atoms. The normalized spacial score (nSPS) is 21.2. The molecule has 2 aromatic heterocycles. The first kappa shape index (κ1) is 50.9. The molecule has 8 bridgehead atoms. The fourth-order valence-electron chi connectivity index (χ4n) is 30.5. The van der Waals surface area contributed by atoms with Crippen molar-refractivity contribution >= 4 is 325 Å². The number of rotatable bonds is 0. The van der Waals surface area contributed by atoms with Gasteiger partial charge in [-0.25, -0.2) is 9.97 Å². The lowest BCUT2D eigenvalue weighted by atomic mass is 9.69. The van der Waals surface area contributed by atoms with Gasteiger partial charge in [0, 0.05) is 21.9 Å². The predicted octanol–water partition coefficient (Wildman–Crippen LogP) is 21.3. The first-order chi connectivity index (χ1) is 55.1. The van der Waals surface area contributed by atoms with E-state index in [4.69, 9.17) is 47.9 Å². The molecular formula is C99H38N2O10. The Labute approximate surface area is 615 Å². The number of pyridine rings is 2. The molecule has 12 nitrogen and oxygen atoms in total. The summed E-state index contributed by atoms with van der Waals surface area (Å²) in [6.45, 7) is 2.61. The quantitative estimate of drug-likeness (QED) is 0.0813. The van der Waals surface area contributed by atoms with E-state index >= 15 is 9.59 Å². The molecule has 31 aromatic carbocycles. The number of nitrogens with zero attached hydrogens (tertiary/aromatic N) is 2. The van der Waals surface area contributed by atoms with Crippen molar-refractivity contribution in [2.75, 3.05) is 79.3 Å². The SMILES string of the molecule is O=C1OCCOCCOCCOc2ccc(cc2)-c2ccc3ccc4ccc(nc4c3n2)-c2ccc(cc2)OCCOCCOCCOC(=O)C12C13c4c5c6c7c8c9c(c%10c%11c1c1c%12c4c4c%13c5c5c7c7c8c8c%14c9c%10c9c%10c%11c1c1c%11c%12c4c4c%12c%13c5c5c7c7c8c8c%14c9c9c%10c1c1c%11c4c4c%12c5c7c5c8c9c1c45)C623. The topological polar surface area (TPSA) is 134 Å². The van der Waals surface area contributed by atoms with E-state index in [1.165, 1.54) is 302 Å². The summed E-state index contributed by atoms with van der Waals surface area (Å²) in [5.41, 5.74) is 5.63. The highest BCUT2D eigenvalue weighted by molar-refractivity contribution is 6.82. The number of fused-ring (bicyclic) bond motifs is 2. The molecular weight excluding hydrogens is 1380 g/mol. The Morgan fingerprint density at radius 3 is 0.667 bits per heavy atom. The van der Waals surface area contributed by atoms with Gasteiger partial charge in [0.05, 0.1) is 86.1 Å². The Kier molecular flexibility index (Phi) is 6.55. The van der Waals surface area contributed by atoms with Gasteiger partial charge < -0.3 is 37.9 Å². The fraction of sp³-hybridized carbons (Fsp3) is 0.152. The molecule has 0 radical (unpaired) electrons. The molecule has 1 fully saturated rings. The summed E-state index contributed by atoms with van der Waals surface area (Å²) < 4.78 is 51.8. The zero-order valence-corrected chi connectivity index (χ0v) is 58.0. The van der Waals surface area contributed by atoms with Gasteiger partial charge in [0.15, 0.2) is 5.41 Å². The van der Waals surface area contributed by atoms with Crippen molar-refractivity contribution in [2.45, 2.75) is 10.8 Å². The Balaban J connectivity index is 0.556. The highest BCUT2D eigenvalue weighted by atomic mass is 16.6. The monoisotopic (exact) mass is 1410 g/mol. The predicted molar refractivity (Wildman–Crippen MR) is 440 cm³/mol. The highest BCUT2D eigenvalue weighted by Crippen LogP contribution is 2.97. The third kappa shape index (κ3) is 3.88. The van der Waals surface area contributed by atoms with Crippen LogP contribution in [0.1, 0.15) is 22.3 Å². The summed E-state index contributed by atoms with van der Waals surface area (Å²) in [4.78, 5) is 46.0. The van der Waals surface area contributed by atoms with Crippen LogP contribution in [0.2, 0.25) is 0 Å². The summed E-state index contributed by atoms with van der Waals surface area (Å²) >= 11 is 0. The third-order valence-corrected chi connectivity index (χ3v) is 32.5. The molecule has 33 aromatic rings. The standard InChI is InChI=1S/C99H38N2O10/c102-95-99(96(103)111-26-22-107-18-16-105-20-24-109-32-11-5-28(6-12-32)34-14-8-30-2-1-29-7-13-33(100-93(29)94(30)101-34)27-3-9-31(10-4-27)108-23-19-104-15-17-106-21-25-110-95)97-89-82-75-63-55-46-37-35-36-38-41(37)50-57(55)65-66-58(50)56-47(38)49-45-40(36)43-42-39(35)44-48(46)61(63)69-67-53(44)51(42)59-60-52(43)54(45)68-70-62(49)64(56)76-78(66)87(86(89)77(65)75)90-83(76)81(70)85-74(68)72(60)79-71(59)73(67)84(80(69)82)91(97)88(79)92(85)98(90,97)99/h1-14H,15-26H2. The van der Waals surface area contributed by atoms with E-state index in [1.807, 2.05) is 48.5 Å². The van der Waals surface area contributed by atoms with Crippen LogP contribution in [0.15, 0.2) is 84.9 Å². The summed E-state index contributed by atoms with van der Waals surface area (Å²) in [7, 11) is 0. The van der Waals surface area contributed by atoms with Crippen LogP contribution >= 0.6 is 0 Å². The lowest BCUT2D eigenvalue weighted by Gasteiger charge is -2.30. The number of aromatic nitrogens is 2. The van der Waals surface area contributed by atoms with Crippen molar-refractivity contribution in [3.05, 3.63) is 107 Å². The lowest BCUT2D eigenvalue weighted by Crippen LogP contribution is -2.41. The molecule has 0 N–H and O–H groups in total. The van der Waals surface area contributed by atoms with Crippen LogP contribution in [-0.4, -0.2) is 101 Å². The van der Waals surface area contributed by atoms with Gasteiger partial charge in [-0.15, -0.1) is 0 Å². The van der Waals surface area contributed by atoms with Gasteiger partial charge in [0.25, 0.3) is 0 Å². The molecule has 12 heteroatoms. The highest BCUT2D eigenvalue weighted by Gasteiger charge is 3.02. The van der Waals surface area contributed by atoms with Crippen LogP contribution in [0.3, 0.4) is 0 Å². The number of benzene rings is 20. The molecule has 0 saturated heterocycles.